The highest BCUT2D eigenvalue weighted by atomic mass is 79.9. The molecule has 0 amide bonds. The molecule has 5 heteroatoms. The van der Waals surface area contributed by atoms with Crippen molar-refractivity contribution in [1.82, 2.24) is 15.0 Å². The number of nitrogens with two attached hydrogens (primary N) is 1. The molecule has 1 aromatic heterocycles. The molecule has 1 aliphatic rings. The van der Waals surface area contributed by atoms with Gasteiger partial charge in [0, 0.05) is 7.05 Å². The van der Waals surface area contributed by atoms with E-state index >= 15 is 0 Å². The molecule has 2 N–H and O–H groups in total. The molecule has 0 aromatic carbocycles. The van der Waals surface area contributed by atoms with Gasteiger partial charge in [0.15, 0.2) is 4.60 Å². The molecule has 0 radical (unpaired) electrons. The summed E-state index contributed by atoms with van der Waals surface area (Å²) in [6.07, 6.45) is 3.74. The number of halogens is 1. The van der Waals surface area contributed by atoms with Crippen molar-refractivity contribution in [1.29, 1.82) is 0 Å². The zero-order valence-corrected chi connectivity index (χ0v) is 10.7. The van der Waals surface area contributed by atoms with Gasteiger partial charge in [-0.1, -0.05) is 18.6 Å². The monoisotopic (exact) mass is 272 g/mol. The van der Waals surface area contributed by atoms with Crippen molar-refractivity contribution in [3.63, 3.8) is 0 Å². The average molecular weight is 273 g/mol. The van der Waals surface area contributed by atoms with Crippen LogP contribution in [-0.4, -0.2) is 15.0 Å². The first kappa shape index (κ1) is 11.1. The van der Waals surface area contributed by atoms with Crippen LogP contribution in [0.25, 0.3) is 0 Å². The summed E-state index contributed by atoms with van der Waals surface area (Å²) < 4.78 is 2.56. The molecule has 3 unspecified atom stereocenters. The fraction of sp³-hybridized carbons (Fsp3) is 0.800. The van der Waals surface area contributed by atoms with Crippen molar-refractivity contribution < 1.29 is 0 Å². The van der Waals surface area contributed by atoms with Gasteiger partial charge in [0.25, 0.3) is 0 Å². The predicted molar refractivity (Wildman–Crippen MR) is 62.1 cm³/mol. The number of hydrogen-bond acceptors (Lipinski definition) is 3. The molecule has 4 nitrogen and oxygen atoms in total. The first-order valence-corrected chi connectivity index (χ1v) is 6.19. The van der Waals surface area contributed by atoms with Gasteiger partial charge in [-0.15, -0.1) is 5.10 Å². The first-order valence-electron chi connectivity index (χ1n) is 5.40. The van der Waals surface area contributed by atoms with Crippen LogP contribution in [0.2, 0.25) is 0 Å². The molecule has 1 heterocycles. The Morgan fingerprint density at radius 1 is 1.53 bits per heavy atom. The Kier molecular flexibility index (Phi) is 3.11. The number of aryl methyl sites for hydroxylation is 1. The van der Waals surface area contributed by atoms with Crippen molar-refractivity contribution in [3.8, 4) is 0 Å². The van der Waals surface area contributed by atoms with E-state index in [4.69, 9.17) is 5.73 Å². The maximum Gasteiger partial charge on any atom is 0.153 e. The molecule has 3 atom stereocenters. The molecular formula is C10H17BrN4. The van der Waals surface area contributed by atoms with E-state index in [1.54, 1.807) is 4.68 Å². The van der Waals surface area contributed by atoms with Gasteiger partial charge in [0.05, 0.1) is 11.7 Å². The molecule has 1 aliphatic carbocycles. The maximum absolute atomic E-state index is 6.28. The Bertz CT molecular complexity index is 330. The fourth-order valence-electron chi connectivity index (χ4n) is 2.49. The van der Waals surface area contributed by atoms with E-state index in [1.165, 1.54) is 19.3 Å². The Hall–Kier alpha value is -0.420. The summed E-state index contributed by atoms with van der Waals surface area (Å²) in [7, 11) is 1.89. The summed E-state index contributed by atoms with van der Waals surface area (Å²) in [6.45, 7) is 2.29. The van der Waals surface area contributed by atoms with Crippen LogP contribution in [-0.2, 0) is 7.05 Å². The van der Waals surface area contributed by atoms with Gasteiger partial charge in [-0.05, 0) is 40.6 Å². The minimum Gasteiger partial charge on any atom is -0.322 e. The molecule has 0 spiro atoms. The molecule has 15 heavy (non-hydrogen) atoms. The van der Waals surface area contributed by atoms with E-state index in [1.807, 2.05) is 7.05 Å². The van der Waals surface area contributed by atoms with Crippen LogP contribution in [0.1, 0.15) is 37.9 Å². The van der Waals surface area contributed by atoms with Crippen LogP contribution in [0, 0.1) is 11.8 Å². The lowest BCUT2D eigenvalue weighted by molar-refractivity contribution is 0.408. The molecule has 1 aromatic rings. The van der Waals surface area contributed by atoms with E-state index < -0.39 is 0 Å². The lowest BCUT2D eigenvalue weighted by atomic mass is 9.95. The van der Waals surface area contributed by atoms with Gasteiger partial charge < -0.3 is 5.73 Å². The summed E-state index contributed by atoms with van der Waals surface area (Å²) in [6, 6.07) is 0.0596. The lowest BCUT2D eigenvalue weighted by Gasteiger charge is -2.19. The zero-order valence-electron chi connectivity index (χ0n) is 9.15. The second-order valence-electron chi connectivity index (χ2n) is 4.59. The molecule has 0 bridgehead atoms. The Labute approximate surface area is 98.3 Å². The summed E-state index contributed by atoms with van der Waals surface area (Å²) >= 11 is 3.41. The SMILES string of the molecule is CC1CCC(C(N)c2c(Br)nnn2C)C1. The second kappa shape index (κ2) is 4.22. The Morgan fingerprint density at radius 2 is 2.27 bits per heavy atom. The fourth-order valence-corrected chi connectivity index (χ4v) is 3.08. The van der Waals surface area contributed by atoms with Crippen LogP contribution in [0.4, 0.5) is 0 Å². The summed E-state index contributed by atoms with van der Waals surface area (Å²) in [5.41, 5.74) is 7.30. The highest BCUT2D eigenvalue weighted by Crippen LogP contribution is 2.38. The zero-order chi connectivity index (χ0) is 11.0. The molecule has 1 fully saturated rings. The van der Waals surface area contributed by atoms with Gasteiger partial charge in [-0.3, -0.25) is 0 Å². The number of rotatable bonds is 2. The van der Waals surface area contributed by atoms with Crippen molar-refractivity contribution >= 4 is 15.9 Å². The molecule has 84 valence electrons. The predicted octanol–water partition coefficient (Wildman–Crippen LogP) is 2.01. The number of nitrogens with zero attached hydrogens (tertiary/aromatic N) is 3. The van der Waals surface area contributed by atoms with Gasteiger partial charge in [-0.25, -0.2) is 4.68 Å². The average Bonchev–Trinajstić information content (AvgIpc) is 2.73. The molecule has 0 saturated heterocycles. The van der Waals surface area contributed by atoms with Gasteiger partial charge in [-0.2, -0.15) is 0 Å². The third-order valence-corrected chi connectivity index (χ3v) is 3.95. The third kappa shape index (κ3) is 2.08. The molecular weight excluding hydrogens is 256 g/mol. The smallest absolute Gasteiger partial charge is 0.153 e. The van der Waals surface area contributed by atoms with E-state index in [9.17, 15) is 0 Å². The molecule has 0 aliphatic heterocycles. The standard InChI is InChI=1S/C10H17BrN4/c1-6-3-4-7(5-6)8(12)9-10(11)13-14-15(9)2/h6-8H,3-5,12H2,1-2H3. The summed E-state index contributed by atoms with van der Waals surface area (Å²) in [4.78, 5) is 0. The van der Waals surface area contributed by atoms with Crippen molar-refractivity contribution in [2.45, 2.75) is 32.2 Å². The van der Waals surface area contributed by atoms with E-state index in [0.717, 1.165) is 16.2 Å². The van der Waals surface area contributed by atoms with Crippen molar-refractivity contribution in [3.05, 3.63) is 10.3 Å². The van der Waals surface area contributed by atoms with Crippen LogP contribution >= 0.6 is 15.9 Å². The van der Waals surface area contributed by atoms with Crippen LogP contribution in [0.5, 0.6) is 0 Å². The summed E-state index contributed by atoms with van der Waals surface area (Å²) in [5.74, 6) is 1.38. The number of aromatic nitrogens is 3. The van der Waals surface area contributed by atoms with Gasteiger partial charge in [0.2, 0.25) is 0 Å². The Balaban J connectivity index is 2.17. The first-order chi connectivity index (χ1) is 7.09. The second-order valence-corrected chi connectivity index (χ2v) is 5.34. The van der Waals surface area contributed by atoms with Gasteiger partial charge >= 0.3 is 0 Å². The minimum absolute atomic E-state index is 0.0596. The highest BCUT2D eigenvalue weighted by Gasteiger charge is 2.30. The van der Waals surface area contributed by atoms with Crippen molar-refractivity contribution in [2.75, 3.05) is 0 Å². The van der Waals surface area contributed by atoms with Crippen LogP contribution in [0.3, 0.4) is 0 Å². The molecule has 1 saturated carbocycles. The van der Waals surface area contributed by atoms with Crippen LogP contribution in [0.15, 0.2) is 4.60 Å². The maximum atomic E-state index is 6.28. The van der Waals surface area contributed by atoms with Crippen LogP contribution < -0.4 is 5.73 Å². The summed E-state index contributed by atoms with van der Waals surface area (Å²) in [5, 5.41) is 7.94. The van der Waals surface area contributed by atoms with E-state index in [2.05, 4.69) is 33.2 Å². The number of hydrogen-bond donors (Lipinski definition) is 1. The lowest BCUT2D eigenvalue weighted by Crippen LogP contribution is -2.22. The third-order valence-electron chi connectivity index (χ3n) is 3.39. The minimum atomic E-state index is 0.0596. The highest BCUT2D eigenvalue weighted by molar-refractivity contribution is 9.10. The quantitative estimate of drug-likeness (QED) is 0.896. The molecule has 2 rings (SSSR count). The normalized spacial score (nSPS) is 28.3. The van der Waals surface area contributed by atoms with Crippen molar-refractivity contribution in [2.24, 2.45) is 24.6 Å². The topological polar surface area (TPSA) is 56.7 Å². The Morgan fingerprint density at radius 3 is 2.73 bits per heavy atom. The van der Waals surface area contributed by atoms with Gasteiger partial charge in [0.1, 0.15) is 0 Å². The van der Waals surface area contributed by atoms with E-state index in [-0.39, 0.29) is 6.04 Å². The van der Waals surface area contributed by atoms with E-state index in [0.29, 0.717) is 5.92 Å². The largest absolute Gasteiger partial charge is 0.322 e.